The van der Waals surface area contributed by atoms with Crippen molar-refractivity contribution in [2.45, 2.75) is 38.9 Å². The van der Waals surface area contributed by atoms with E-state index in [1.54, 1.807) is 13.0 Å². The predicted octanol–water partition coefficient (Wildman–Crippen LogP) is 5.00. The van der Waals surface area contributed by atoms with E-state index >= 15 is 0 Å². The van der Waals surface area contributed by atoms with E-state index in [-0.39, 0.29) is 22.0 Å². The highest BCUT2D eigenvalue weighted by Gasteiger charge is 2.22. The Morgan fingerprint density at radius 3 is 2.74 bits per heavy atom. The van der Waals surface area contributed by atoms with Crippen molar-refractivity contribution in [3.63, 3.8) is 0 Å². The van der Waals surface area contributed by atoms with Gasteiger partial charge in [0.2, 0.25) is 0 Å². The van der Waals surface area contributed by atoms with E-state index in [1.165, 1.54) is 24.9 Å². The normalized spacial score (nSPS) is 12.1. The Morgan fingerprint density at radius 2 is 2.06 bits per heavy atom. The lowest BCUT2D eigenvalue weighted by Crippen LogP contribution is -2.24. The Labute approximate surface area is 189 Å². The first kappa shape index (κ1) is 23.1. The SMILES string of the molecule is CCSc1oc2c([C@@H](C)Oc3ccc(Cl)nc3C(=O)NOC)cc(C)cc2c(=O)c1C. The summed E-state index contributed by atoms with van der Waals surface area (Å²) in [6.45, 7) is 7.48. The molecule has 9 heteroatoms. The van der Waals surface area contributed by atoms with Gasteiger partial charge < -0.3 is 9.15 Å². The van der Waals surface area contributed by atoms with E-state index in [2.05, 4.69) is 15.3 Å². The summed E-state index contributed by atoms with van der Waals surface area (Å²) in [6, 6.07) is 6.81. The quantitative estimate of drug-likeness (QED) is 0.300. The Bertz CT molecular complexity index is 1190. The number of carbonyl (C=O) groups excluding carboxylic acids is 1. The second-order valence-electron chi connectivity index (χ2n) is 6.88. The van der Waals surface area contributed by atoms with Crippen LogP contribution in [-0.2, 0) is 4.84 Å². The largest absolute Gasteiger partial charge is 0.483 e. The van der Waals surface area contributed by atoms with Crippen LogP contribution in [0.1, 0.15) is 47.1 Å². The van der Waals surface area contributed by atoms with Crippen LogP contribution in [-0.4, -0.2) is 23.8 Å². The first-order chi connectivity index (χ1) is 14.8. The van der Waals surface area contributed by atoms with Crippen molar-refractivity contribution < 1.29 is 18.8 Å². The highest BCUT2D eigenvalue weighted by atomic mass is 35.5. The highest BCUT2D eigenvalue weighted by Crippen LogP contribution is 2.33. The maximum atomic E-state index is 13.0. The molecule has 7 nitrogen and oxygen atoms in total. The molecule has 0 saturated carbocycles. The van der Waals surface area contributed by atoms with Crippen molar-refractivity contribution in [2.24, 2.45) is 0 Å². The molecule has 0 bridgehead atoms. The molecule has 31 heavy (non-hydrogen) atoms. The number of fused-ring (bicyclic) bond motifs is 1. The number of ether oxygens (including phenoxy) is 1. The molecule has 1 atom stereocenters. The third-order valence-electron chi connectivity index (χ3n) is 4.60. The second-order valence-corrected chi connectivity index (χ2v) is 8.51. The lowest BCUT2D eigenvalue weighted by atomic mass is 10.0. The van der Waals surface area contributed by atoms with Gasteiger partial charge in [-0.3, -0.25) is 14.4 Å². The van der Waals surface area contributed by atoms with Crippen LogP contribution < -0.4 is 15.6 Å². The smallest absolute Gasteiger partial charge is 0.297 e. The van der Waals surface area contributed by atoms with Crippen LogP contribution in [0.4, 0.5) is 0 Å². The average molecular weight is 463 g/mol. The second kappa shape index (κ2) is 9.72. The van der Waals surface area contributed by atoms with Crippen LogP contribution in [0.5, 0.6) is 5.75 Å². The first-order valence-electron chi connectivity index (χ1n) is 9.64. The lowest BCUT2D eigenvalue weighted by molar-refractivity contribution is 0.0526. The Balaban J connectivity index is 2.10. The zero-order valence-electron chi connectivity index (χ0n) is 17.9. The van der Waals surface area contributed by atoms with Gasteiger partial charge in [-0.25, -0.2) is 10.5 Å². The number of aromatic nitrogens is 1. The van der Waals surface area contributed by atoms with Gasteiger partial charge in [0.15, 0.2) is 22.0 Å². The zero-order valence-corrected chi connectivity index (χ0v) is 19.4. The summed E-state index contributed by atoms with van der Waals surface area (Å²) in [5.74, 6) is 0.403. The van der Waals surface area contributed by atoms with E-state index in [9.17, 15) is 9.59 Å². The van der Waals surface area contributed by atoms with Crippen LogP contribution in [0, 0.1) is 13.8 Å². The monoisotopic (exact) mass is 462 g/mol. The number of hydroxylamine groups is 1. The van der Waals surface area contributed by atoms with Crippen LogP contribution >= 0.6 is 23.4 Å². The first-order valence-corrected chi connectivity index (χ1v) is 11.0. The summed E-state index contributed by atoms with van der Waals surface area (Å²) in [7, 11) is 1.32. The van der Waals surface area contributed by atoms with Crippen molar-refractivity contribution in [1.29, 1.82) is 0 Å². The summed E-state index contributed by atoms with van der Waals surface area (Å²) >= 11 is 7.43. The molecule has 1 N–H and O–H groups in total. The Morgan fingerprint density at radius 1 is 1.32 bits per heavy atom. The summed E-state index contributed by atoms with van der Waals surface area (Å²) in [5.41, 5.74) is 4.77. The fourth-order valence-electron chi connectivity index (χ4n) is 3.19. The van der Waals surface area contributed by atoms with E-state index < -0.39 is 12.0 Å². The Hall–Kier alpha value is -2.55. The minimum atomic E-state index is -0.593. The molecule has 0 saturated heterocycles. The molecule has 3 aromatic rings. The van der Waals surface area contributed by atoms with Crippen molar-refractivity contribution in [1.82, 2.24) is 10.5 Å². The standard InChI is InChI=1S/C22H23ClN2O5S/c1-6-31-22-12(3)19(26)15-10-11(2)9-14(20(15)30-22)13(4)29-16-7-8-17(23)24-18(16)21(27)25-28-5/h7-10,13H,6H2,1-5H3,(H,25,27)/t13-/m1/s1. The molecule has 3 rings (SSSR count). The topological polar surface area (TPSA) is 90.7 Å². The molecule has 0 aliphatic rings. The van der Waals surface area contributed by atoms with Crippen LogP contribution in [0.3, 0.4) is 0 Å². The molecule has 1 aromatic carbocycles. The van der Waals surface area contributed by atoms with Gasteiger partial charge in [-0.05, 0) is 56.4 Å². The number of halogens is 1. The van der Waals surface area contributed by atoms with Gasteiger partial charge in [-0.15, -0.1) is 0 Å². The molecule has 164 valence electrons. The van der Waals surface area contributed by atoms with Gasteiger partial charge in [-0.1, -0.05) is 30.3 Å². The van der Waals surface area contributed by atoms with Crippen molar-refractivity contribution >= 4 is 40.2 Å². The fraction of sp³-hybridized carbons (Fsp3) is 0.318. The fourth-order valence-corrected chi connectivity index (χ4v) is 4.05. The van der Waals surface area contributed by atoms with E-state index in [0.29, 0.717) is 27.2 Å². The summed E-state index contributed by atoms with van der Waals surface area (Å²) in [5, 5.41) is 1.23. The number of aryl methyl sites for hydroxylation is 1. The van der Waals surface area contributed by atoms with Crippen LogP contribution in [0.25, 0.3) is 11.0 Å². The van der Waals surface area contributed by atoms with Crippen molar-refractivity contribution in [3.8, 4) is 5.75 Å². The van der Waals surface area contributed by atoms with E-state index in [1.807, 2.05) is 32.9 Å². The molecule has 2 heterocycles. The molecule has 0 unspecified atom stereocenters. The number of nitrogens with one attached hydrogen (secondary N) is 1. The number of rotatable bonds is 7. The number of benzene rings is 1. The summed E-state index contributed by atoms with van der Waals surface area (Å²) < 4.78 is 12.2. The number of carbonyl (C=O) groups is 1. The average Bonchev–Trinajstić information content (AvgIpc) is 2.73. The molecule has 0 aliphatic carbocycles. The van der Waals surface area contributed by atoms with E-state index in [0.717, 1.165) is 11.3 Å². The number of thioether (sulfide) groups is 1. The summed E-state index contributed by atoms with van der Waals surface area (Å²) in [6.07, 6.45) is -0.551. The number of nitrogens with zero attached hydrogens (tertiary/aromatic N) is 1. The van der Waals surface area contributed by atoms with Gasteiger partial charge >= 0.3 is 0 Å². The number of amides is 1. The van der Waals surface area contributed by atoms with Gasteiger partial charge in [0.05, 0.1) is 12.5 Å². The highest BCUT2D eigenvalue weighted by molar-refractivity contribution is 7.99. The third-order valence-corrected chi connectivity index (χ3v) is 5.75. The maximum absolute atomic E-state index is 13.0. The summed E-state index contributed by atoms with van der Waals surface area (Å²) in [4.78, 5) is 34.0. The molecular formula is C22H23ClN2O5S. The molecule has 0 fully saturated rings. The zero-order chi connectivity index (χ0) is 22.7. The van der Waals surface area contributed by atoms with Crippen LogP contribution in [0.15, 0.2) is 38.6 Å². The molecule has 1 amide bonds. The maximum Gasteiger partial charge on any atom is 0.297 e. The predicted molar refractivity (Wildman–Crippen MR) is 121 cm³/mol. The number of hydrogen-bond acceptors (Lipinski definition) is 7. The number of hydrogen-bond donors (Lipinski definition) is 1. The van der Waals surface area contributed by atoms with Crippen molar-refractivity contribution in [2.75, 3.05) is 12.9 Å². The Kier molecular flexibility index (Phi) is 7.25. The minimum absolute atomic E-state index is 0.0160. The van der Waals surface area contributed by atoms with Crippen LogP contribution in [0.2, 0.25) is 5.15 Å². The van der Waals surface area contributed by atoms with Gasteiger partial charge in [-0.2, -0.15) is 0 Å². The molecule has 2 aromatic heterocycles. The van der Waals surface area contributed by atoms with Crippen molar-refractivity contribution in [3.05, 3.63) is 62.0 Å². The number of pyridine rings is 1. The minimum Gasteiger partial charge on any atom is -0.483 e. The molecule has 0 aliphatic heterocycles. The van der Waals surface area contributed by atoms with Gasteiger partial charge in [0.1, 0.15) is 16.8 Å². The third kappa shape index (κ3) is 4.87. The molecule has 0 spiro atoms. The van der Waals surface area contributed by atoms with E-state index in [4.69, 9.17) is 20.8 Å². The molecule has 0 radical (unpaired) electrons. The lowest BCUT2D eigenvalue weighted by Gasteiger charge is -2.19. The van der Waals surface area contributed by atoms with Gasteiger partial charge in [0.25, 0.3) is 5.91 Å². The van der Waals surface area contributed by atoms with Gasteiger partial charge in [0, 0.05) is 11.1 Å². The molecular weight excluding hydrogens is 440 g/mol.